The summed E-state index contributed by atoms with van der Waals surface area (Å²) in [5.41, 5.74) is 1.47. The normalized spacial score (nSPS) is 10.1. The van der Waals surface area contributed by atoms with E-state index in [0.29, 0.717) is 12.3 Å². The number of hydrogen-bond donors (Lipinski definition) is 1. The van der Waals surface area contributed by atoms with Gasteiger partial charge in [0.25, 0.3) is 5.91 Å². The van der Waals surface area contributed by atoms with Gasteiger partial charge in [-0.05, 0) is 30.5 Å². The summed E-state index contributed by atoms with van der Waals surface area (Å²) < 4.78 is 15.3. The number of nitrogens with one attached hydrogen (secondary N) is 1. The largest absolute Gasteiger partial charge is 0.497 e. The van der Waals surface area contributed by atoms with Crippen LogP contribution in [0.4, 0.5) is 0 Å². The van der Waals surface area contributed by atoms with Gasteiger partial charge < -0.3 is 19.5 Å². The molecule has 138 valence electrons. The van der Waals surface area contributed by atoms with E-state index in [0.717, 1.165) is 12.8 Å². The molecule has 0 heterocycles. The van der Waals surface area contributed by atoms with E-state index in [1.54, 1.807) is 12.1 Å². The number of rotatable bonds is 9. The third-order valence-electron chi connectivity index (χ3n) is 3.76. The first-order valence-corrected chi connectivity index (χ1v) is 8.34. The predicted octanol–water partition coefficient (Wildman–Crippen LogP) is 2.61. The summed E-state index contributed by atoms with van der Waals surface area (Å²) in [4.78, 5) is 23.7. The van der Waals surface area contributed by atoms with Crippen LogP contribution in [0.25, 0.3) is 0 Å². The quantitative estimate of drug-likeness (QED) is 0.552. The maximum absolute atomic E-state index is 11.9. The van der Waals surface area contributed by atoms with Gasteiger partial charge >= 0.3 is 5.97 Å². The van der Waals surface area contributed by atoms with Crippen LogP contribution in [0.5, 0.6) is 11.5 Å². The van der Waals surface area contributed by atoms with Gasteiger partial charge in [0.05, 0.1) is 14.2 Å². The summed E-state index contributed by atoms with van der Waals surface area (Å²) in [6, 6.07) is 14.8. The van der Waals surface area contributed by atoms with Crippen molar-refractivity contribution in [3.8, 4) is 11.5 Å². The molecule has 1 amide bonds. The Morgan fingerprint density at radius 3 is 2.50 bits per heavy atom. The Balaban J connectivity index is 1.81. The molecule has 6 heteroatoms. The highest BCUT2D eigenvalue weighted by molar-refractivity contribution is 5.92. The molecule has 0 fully saturated rings. The van der Waals surface area contributed by atoms with Crippen LogP contribution in [0.15, 0.2) is 48.5 Å². The van der Waals surface area contributed by atoms with Crippen molar-refractivity contribution < 1.29 is 23.8 Å². The zero-order valence-corrected chi connectivity index (χ0v) is 15.0. The van der Waals surface area contributed by atoms with Crippen molar-refractivity contribution in [1.82, 2.24) is 5.32 Å². The highest BCUT2D eigenvalue weighted by Gasteiger charge is 2.15. The van der Waals surface area contributed by atoms with Gasteiger partial charge in [0.15, 0.2) is 6.61 Å². The standard InChI is InChI=1S/C20H23NO5/c1-24-16-10-11-17(20(23)25-2)18(13-16)26-14-19(22)21-12-6-9-15-7-4-3-5-8-15/h3-5,7-8,10-11,13H,6,9,12,14H2,1-2H3,(H,21,22). The van der Waals surface area contributed by atoms with Crippen molar-refractivity contribution in [3.05, 3.63) is 59.7 Å². The minimum atomic E-state index is -0.536. The van der Waals surface area contributed by atoms with Crippen molar-refractivity contribution in [1.29, 1.82) is 0 Å². The zero-order valence-electron chi connectivity index (χ0n) is 15.0. The Morgan fingerprint density at radius 1 is 1.04 bits per heavy atom. The summed E-state index contributed by atoms with van der Waals surface area (Å²) in [6.45, 7) is 0.363. The van der Waals surface area contributed by atoms with Crippen LogP contribution in [0.1, 0.15) is 22.3 Å². The maximum Gasteiger partial charge on any atom is 0.341 e. The monoisotopic (exact) mass is 357 g/mol. The number of amides is 1. The Hall–Kier alpha value is -3.02. The second kappa shape index (κ2) is 10.1. The molecule has 26 heavy (non-hydrogen) atoms. The van der Waals surface area contributed by atoms with Crippen molar-refractivity contribution >= 4 is 11.9 Å². The molecule has 0 radical (unpaired) electrons. The van der Waals surface area contributed by atoms with E-state index in [4.69, 9.17) is 14.2 Å². The Kier molecular flexibility index (Phi) is 7.49. The lowest BCUT2D eigenvalue weighted by molar-refractivity contribution is -0.123. The van der Waals surface area contributed by atoms with Crippen LogP contribution in [-0.4, -0.2) is 39.2 Å². The molecule has 2 aromatic rings. The second-order valence-electron chi connectivity index (χ2n) is 5.58. The van der Waals surface area contributed by atoms with Crippen molar-refractivity contribution in [2.45, 2.75) is 12.8 Å². The van der Waals surface area contributed by atoms with Crippen LogP contribution < -0.4 is 14.8 Å². The number of esters is 1. The van der Waals surface area contributed by atoms with Crippen molar-refractivity contribution in [3.63, 3.8) is 0 Å². The molecular formula is C20H23NO5. The maximum atomic E-state index is 11.9. The van der Waals surface area contributed by atoms with Gasteiger partial charge in [-0.1, -0.05) is 30.3 Å². The van der Waals surface area contributed by atoms with E-state index < -0.39 is 5.97 Å². The molecule has 0 unspecified atom stereocenters. The molecule has 6 nitrogen and oxygen atoms in total. The van der Waals surface area contributed by atoms with Crippen LogP contribution in [-0.2, 0) is 16.0 Å². The molecule has 2 aromatic carbocycles. The van der Waals surface area contributed by atoms with Gasteiger partial charge in [0.1, 0.15) is 17.1 Å². The number of ether oxygens (including phenoxy) is 3. The summed E-state index contributed by atoms with van der Waals surface area (Å²) >= 11 is 0. The van der Waals surface area contributed by atoms with E-state index in [9.17, 15) is 9.59 Å². The molecule has 0 aliphatic carbocycles. The van der Waals surface area contributed by atoms with Crippen molar-refractivity contribution in [2.75, 3.05) is 27.4 Å². The molecule has 0 bridgehead atoms. The van der Waals surface area contributed by atoms with E-state index in [1.807, 2.05) is 18.2 Å². The average Bonchev–Trinajstić information content (AvgIpc) is 2.69. The van der Waals surface area contributed by atoms with Crippen LogP contribution >= 0.6 is 0 Å². The highest BCUT2D eigenvalue weighted by atomic mass is 16.5. The minimum absolute atomic E-state index is 0.192. The number of benzene rings is 2. The van der Waals surface area contributed by atoms with Gasteiger partial charge in [-0.3, -0.25) is 4.79 Å². The molecule has 0 aliphatic heterocycles. The molecule has 0 atom stereocenters. The summed E-state index contributed by atoms with van der Waals surface area (Å²) in [5.74, 6) is -0.0193. The van der Waals surface area contributed by atoms with E-state index in [-0.39, 0.29) is 23.8 Å². The number of hydrogen-bond acceptors (Lipinski definition) is 5. The average molecular weight is 357 g/mol. The number of methoxy groups -OCH3 is 2. The number of carbonyl (C=O) groups is 2. The molecule has 0 saturated carbocycles. The Morgan fingerprint density at radius 2 is 1.81 bits per heavy atom. The van der Waals surface area contributed by atoms with E-state index >= 15 is 0 Å². The Labute approximate surface area is 153 Å². The lowest BCUT2D eigenvalue weighted by Crippen LogP contribution is -2.30. The van der Waals surface area contributed by atoms with Crippen LogP contribution in [0, 0.1) is 0 Å². The zero-order chi connectivity index (χ0) is 18.8. The van der Waals surface area contributed by atoms with E-state index in [2.05, 4.69) is 17.4 Å². The fraction of sp³-hybridized carbons (Fsp3) is 0.300. The van der Waals surface area contributed by atoms with Gasteiger partial charge in [-0.2, -0.15) is 0 Å². The van der Waals surface area contributed by atoms with Gasteiger partial charge in [0, 0.05) is 12.6 Å². The molecule has 0 aliphatic rings. The molecular weight excluding hydrogens is 334 g/mol. The van der Waals surface area contributed by atoms with E-state index in [1.165, 1.54) is 25.8 Å². The fourth-order valence-corrected chi connectivity index (χ4v) is 2.39. The first kappa shape index (κ1) is 19.3. The molecule has 0 spiro atoms. The minimum Gasteiger partial charge on any atom is -0.497 e. The highest BCUT2D eigenvalue weighted by Crippen LogP contribution is 2.25. The first-order chi connectivity index (χ1) is 12.6. The van der Waals surface area contributed by atoms with Gasteiger partial charge in [-0.15, -0.1) is 0 Å². The SMILES string of the molecule is COC(=O)c1ccc(OC)cc1OCC(=O)NCCCc1ccccc1. The molecule has 0 aromatic heterocycles. The third kappa shape index (κ3) is 5.81. The van der Waals surface area contributed by atoms with Crippen molar-refractivity contribution in [2.24, 2.45) is 0 Å². The Bertz CT molecular complexity index is 730. The first-order valence-electron chi connectivity index (χ1n) is 8.34. The summed E-state index contributed by atoms with van der Waals surface area (Å²) in [7, 11) is 2.80. The predicted molar refractivity (Wildman–Crippen MR) is 97.6 cm³/mol. The summed E-state index contributed by atoms with van der Waals surface area (Å²) in [6.07, 6.45) is 1.73. The lowest BCUT2D eigenvalue weighted by atomic mass is 10.1. The van der Waals surface area contributed by atoms with Gasteiger partial charge in [0.2, 0.25) is 0 Å². The number of carbonyl (C=O) groups excluding carboxylic acids is 2. The van der Waals surface area contributed by atoms with Gasteiger partial charge in [-0.25, -0.2) is 4.79 Å². The van der Waals surface area contributed by atoms with Crippen LogP contribution in [0.2, 0.25) is 0 Å². The third-order valence-corrected chi connectivity index (χ3v) is 3.76. The molecule has 2 rings (SSSR count). The second-order valence-corrected chi connectivity index (χ2v) is 5.58. The smallest absolute Gasteiger partial charge is 0.341 e. The fourth-order valence-electron chi connectivity index (χ4n) is 2.39. The van der Waals surface area contributed by atoms with Crippen LogP contribution in [0.3, 0.4) is 0 Å². The molecule has 0 saturated heterocycles. The molecule has 1 N–H and O–H groups in total. The topological polar surface area (TPSA) is 73.9 Å². The summed E-state index contributed by atoms with van der Waals surface area (Å²) in [5, 5.41) is 2.80. The number of aryl methyl sites for hydroxylation is 1. The lowest BCUT2D eigenvalue weighted by Gasteiger charge is -2.12.